The summed E-state index contributed by atoms with van der Waals surface area (Å²) < 4.78 is 44.6. The second kappa shape index (κ2) is 5.51. The predicted octanol–water partition coefficient (Wildman–Crippen LogP) is 3.94. The van der Waals surface area contributed by atoms with Crippen molar-refractivity contribution in [2.24, 2.45) is 0 Å². The summed E-state index contributed by atoms with van der Waals surface area (Å²) in [5.41, 5.74) is 4.71. The maximum atomic E-state index is 13.3. The summed E-state index contributed by atoms with van der Waals surface area (Å²) in [6, 6.07) is 10.1. The molecule has 2 aromatic carbocycles. The van der Waals surface area contributed by atoms with E-state index in [1.807, 2.05) is 30.3 Å². The number of benzene rings is 2. The highest BCUT2D eigenvalue weighted by atomic mass is 19.4. The Bertz CT molecular complexity index is 847. The predicted molar refractivity (Wildman–Crippen MR) is 87.4 cm³/mol. The van der Waals surface area contributed by atoms with E-state index in [4.69, 9.17) is 4.74 Å². The minimum atomic E-state index is -4.47. The van der Waals surface area contributed by atoms with Crippen LogP contribution >= 0.6 is 0 Å². The van der Waals surface area contributed by atoms with Crippen LogP contribution in [0.4, 0.5) is 18.9 Å². The van der Waals surface area contributed by atoms with Gasteiger partial charge in [0, 0.05) is 5.69 Å². The molecule has 1 aliphatic heterocycles. The summed E-state index contributed by atoms with van der Waals surface area (Å²) in [7, 11) is 0. The standard InChI is InChI=1S/C19H16F3NO2/c1-2-25-18(24)16-17(19(20,21)22)23(16)13-7-8-15-12(10-13)9-11-5-3-4-6-14(11)15/h3-8,10,16-17H,2,9H2,1H3/t16-,17-,23?/m1/s1. The number of ether oxygens (including phenoxy) is 1. The van der Waals surface area contributed by atoms with Gasteiger partial charge in [-0.1, -0.05) is 30.3 Å². The molecule has 4 rings (SSSR count). The lowest BCUT2D eigenvalue weighted by Crippen LogP contribution is -2.24. The molecule has 0 unspecified atom stereocenters. The minimum Gasteiger partial charge on any atom is -0.464 e. The highest BCUT2D eigenvalue weighted by Gasteiger charge is 2.67. The maximum Gasteiger partial charge on any atom is 0.411 e. The highest BCUT2D eigenvalue weighted by Crippen LogP contribution is 2.47. The SMILES string of the molecule is CCOC(=O)[C@H]1[C@H](C(F)(F)F)N1c1ccc2c(c1)Cc1ccccc1-2. The Hall–Kier alpha value is -2.50. The fourth-order valence-corrected chi connectivity index (χ4v) is 3.65. The van der Waals surface area contributed by atoms with Gasteiger partial charge in [-0.15, -0.1) is 0 Å². The molecular weight excluding hydrogens is 331 g/mol. The van der Waals surface area contributed by atoms with Crippen molar-refractivity contribution in [3.8, 4) is 11.1 Å². The van der Waals surface area contributed by atoms with Crippen LogP contribution < -0.4 is 4.90 Å². The fourth-order valence-electron chi connectivity index (χ4n) is 3.65. The van der Waals surface area contributed by atoms with Crippen molar-refractivity contribution in [3.05, 3.63) is 53.6 Å². The smallest absolute Gasteiger partial charge is 0.411 e. The molecule has 2 aliphatic rings. The number of alkyl halides is 3. The third-order valence-corrected chi connectivity index (χ3v) is 4.75. The maximum absolute atomic E-state index is 13.3. The molecule has 6 heteroatoms. The highest BCUT2D eigenvalue weighted by molar-refractivity contribution is 5.89. The average Bonchev–Trinajstić information content (AvgIpc) is 3.23. The van der Waals surface area contributed by atoms with Crippen LogP contribution in [0.2, 0.25) is 0 Å². The quantitative estimate of drug-likeness (QED) is 0.531. The number of nitrogens with zero attached hydrogens (tertiary/aromatic N) is 1. The van der Waals surface area contributed by atoms with E-state index in [0.29, 0.717) is 12.1 Å². The van der Waals surface area contributed by atoms with E-state index in [-0.39, 0.29) is 6.61 Å². The molecule has 1 aliphatic carbocycles. The first kappa shape index (κ1) is 16.0. The Morgan fingerprint density at radius 2 is 1.88 bits per heavy atom. The van der Waals surface area contributed by atoms with Gasteiger partial charge in [0.15, 0.2) is 12.1 Å². The van der Waals surface area contributed by atoms with Gasteiger partial charge in [-0.2, -0.15) is 13.2 Å². The summed E-state index contributed by atoms with van der Waals surface area (Å²) >= 11 is 0. The number of carbonyl (C=O) groups is 1. The second-order valence-electron chi connectivity index (χ2n) is 6.27. The molecule has 0 N–H and O–H groups in total. The van der Waals surface area contributed by atoms with E-state index in [1.165, 1.54) is 0 Å². The monoisotopic (exact) mass is 347 g/mol. The first-order valence-electron chi connectivity index (χ1n) is 8.14. The van der Waals surface area contributed by atoms with Gasteiger partial charge in [0.1, 0.15) is 0 Å². The van der Waals surface area contributed by atoms with Gasteiger partial charge in [-0.3, -0.25) is 0 Å². The fraction of sp³-hybridized carbons (Fsp3) is 0.316. The Morgan fingerprint density at radius 3 is 2.60 bits per heavy atom. The van der Waals surface area contributed by atoms with Gasteiger partial charge in [0.2, 0.25) is 0 Å². The van der Waals surface area contributed by atoms with E-state index in [9.17, 15) is 18.0 Å². The molecule has 1 saturated heterocycles. The van der Waals surface area contributed by atoms with Crippen LogP contribution in [-0.4, -0.2) is 30.8 Å². The van der Waals surface area contributed by atoms with Crippen LogP contribution in [0.25, 0.3) is 11.1 Å². The molecule has 1 fully saturated rings. The van der Waals surface area contributed by atoms with Crippen molar-refractivity contribution in [2.45, 2.75) is 31.6 Å². The van der Waals surface area contributed by atoms with Gasteiger partial charge in [-0.05, 0) is 47.7 Å². The van der Waals surface area contributed by atoms with Crippen LogP contribution in [0.15, 0.2) is 42.5 Å². The number of esters is 1. The molecule has 2 aromatic rings. The summed E-state index contributed by atoms with van der Waals surface area (Å²) in [5, 5.41) is 0. The molecule has 2 atom stereocenters. The zero-order valence-corrected chi connectivity index (χ0v) is 13.5. The number of halogens is 3. The zero-order chi connectivity index (χ0) is 17.8. The first-order chi connectivity index (χ1) is 11.9. The first-order valence-corrected chi connectivity index (χ1v) is 8.14. The second-order valence-corrected chi connectivity index (χ2v) is 6.27. The molecule has 0 aromatic heterocycles. The third kappa shape index (κ3) is 2.56. The molecule has 0 radical (unpaired) electrons. The number of anilines is 1. The Morgan fingerprint density at radius 1 is 1.16 bits per heavy atom. The van der Waals surface area contributed by atoms with Crippen LogP contribution in [0, 0.1) is 0 Å². The topological polar surface area (TPSA) is 29.3 Å². The van der Waals surface area contributed by atoms with E-state index in [0.717, 1.165) is 27.2 Å². The van der Waals surface area contributed by atoms with Crippen molar-refractivity contribution >= 4 is 11.7 Å². The van der Waals surface area contributed by atoms with Crippen LogP contribution in [-0.2, 0) is 16.0 Å². The summed E-state index contributed by atoms with van der Waals surface area (Å²) in [6.07, 6.45) is -3.78. The molecule has 3 nitrogen and oxygen atoms in total. The normalized spacial score (nSPS) is 20.9. The summed E-state index contributed by atoms with van der Waals surface area (Å²) in [6.45, 7) is 1.65. The van der Waals surface area contributed by atoms with Gasteiger partial charge in [0.05, 0.1) is 6.61 Å². The molecule has 0 bridgehead atoms. The number of hydrogen-bond donors (Lipinski definition) is 0. The van der Waals surface area contributed by atoms with Crippen LogP contribution in [0.1, 0.15) is 18.1 Å². The van der Waals surface area contributed by atoms with E-state index >= 15 is 0 Å². The number of carbonyl (C=O) groups excluding carboxylic acids is 1. The lowest BCUT2D eigenvalue weighted by atomic mass is 10.1. The number of fused-ring (bicyclic) bond motifs is 3. The van der Waals surface area contributed by atoms with Gasteiger partial charge < -0.3 is 9.64 Å². The lowest BCUT2D eigenvalue weighted by molar-refractivity contribution is -0.149. The van der Waals surface area contributed by atoms with Crippen molar-refractivity contribution < 1.29 is 22.7 Å². The van der Waals surface area contributed by atoms with E-state index in [2.05, 4.69) is 0 Å². The Labute approximate surface area is 143 Å². The van der Waals surface area contributed by atoms with Gasteiger partial charge >= 0.3 is 12.1 Å². The molecule has 25 heavy (non-hydrogen) atoms. The van der Waals surface area contributed by atoms with Crippen molar-refractivity contribution in [2.75, 3.05) is 11.5 Å². The molecule has 1 heterocycles. The van der Waals surface area contributed by atoms with E-state index in [1.54, 1.807) is 19.1 Å². The zero-order valence-electron chi connectivity index (χ0n) is 13.5. The molecule has 130 valence electrons. The van der Waals surface area contributed by atoms with Crippen molar-refractivity contribution in [1.29, 1.82) is 0 Å². The average molecular weight is 347 g/mol. The largest absolute Gasteiger partial charge is 0.464 e. The van der Waals surface area contributed by atoms with Crippen LogP contribution in [0.5, 0.6) is 0 Å². The van der Waals surface area contributed by atoms with Gasteiger partial charge in [0.25, 0.3) is 0 Å². The van der Waals surface area contributed by atoms with Crippen molar-refractivity contribution in [1.82, 2.24) is 0 Å². The molecular formula is C19H16F3NO2. The summed E-state index contributed by atoms with van der Waals surface area (Å²) in [5.74, 6) is -0.825. The van der Waals surface area contributed by atoms with Crippen molar-refractivity contribution in [3.63, 3.8) is 0 Å². The minimum absolute atomic E-state index is 0.0627. The number of hydrogen-bond acceptors (Lipinski definition) is 3. The molecule has 0 saturated carbocycles. The Balaban J connectivity index is 1.66. The van der Waals surface area contributed by atoms with Crippen LogP contribution in [0.3, 0.4) is 0 Å². The number of rotatable bonds is 3. The van der Waals surface area contributed by atoms with E-state index < -0.39 is 24.2 Å². The third-order valence-electron chi connectivity index (χ3n) is 4.75. The van der Waals surface area contributed by atoms with Gasteiger partial charge in [-0.25, -0.2) is 4.79 Å². The molecule has 0 spiro atoms. The molecule has 0 amide bonds. The summed E-state index contributed by atoms with van der Waals surface area (Å²) in [4.78, 5) is 13.0. The Kier molecular flexibility index (Phi) is 3.52. The lowest BCUT2D eigenvalue weighted by Gasteiger charge is -2.10.